The highest BCUT2D eigenvalue weighted by Gasteiger charge is 2.02. The van der Waals surface area contributed by atoms with Crippen LogP contribution in [0.15, 0.2) is 54.6 Å². The molecule has 0 unspecified atom stereocenters. The van der Waals surface area contributed by atoms with Gasteiger partial charge < -0.3 is 4.74 Å². The van der Waals surface area contributed by atoms with Crippen molar-refractivity contribution >= 4 is 10.0 Å². The van der Waals surface area contributed by atoms with Crippen LogP contribution >= 0.6 is 0 Å². The molecule has 5 heteroatoms. The number of hydrogen-bond donors (Lipinski definition) is 1. The Morgan fingerprint density at radius 3 is 2.10 bits per heavy atom. The van der Waals surface area contributed by atoms with E-state index in [4.69, 9.17) is 9.88 Å². The van der Waals surface area contributed by atoms with E-state index in [1.54, 1.807) is 0 Å². The number of nitrogens with two attached hydrogens (primary N) is 1. The van der Waals surface area contributed by atoms with Crippen LogP contribution in [0.4, 0.5) is 0 Å². The van der Waals surface area contributed by atoms with Gasteiger partial charge in [0.25, 0.3) is 0 Å². The van der Waals surface area contributed by atoms with Gasteiger partial charge in [-0.05, 0) is 29.7 Å². The average molecular weight is 291 g/mol. The second kappa shape index (κ2) is 6.54. The Bertz CT molecular complexity index is 637. The highest BCUT2D eigenvalue weighted by molar-refractivity contribution is 7.89. The number of sulfonamides is 1. The Morgan fingerprint density at radius 2 is 1.50 bits per heavy atom. The third-order valence-corrected chi connectivity index (χ3v) is 3.66. The molecular weight excluding hydrogens is 274 g/mol. The maximum absolute atomic E-state index is 10.8. The number of rotatable bonds is 6. The first-order valence-corrected chi connectivity index (χ1v) is 8.05. The van der Waals surface area contributed by atoms with Crippen molar-refractivity contribution in [1.29, 1.82) is 0 Å². The molecule has 0 atom stereocenters. The van der Waals surface area contributed by atoms with Gasteiger partial charge in [0.15, 0.2) is 0 Å². The zero-order chi connectivity index (χ0) is 14.4. The van der Waals surface area contributed by atoms with Crippen molar-refractivity contribution < 1.29 is 13.2 Å². The van der Waals surface area contributed by atoms with Gasteiger partial charge in [-0.15, -0.1) is 0 Å². The second-order valence-electron chi connectivity index (χ2n) is 4.46. The molecule has 0 aliphatic heterocycles. The van der Waals surface area contributed by atoms with E-state index in [1.165, 1.54) is 0 Å². The molecule has 2 aromatic rings. The molecule has 0 spiro atoms. The molecule has 2 N–H and O–H groups in total. The zero-order valence-corrected chi connectivity index (χ0v) is 11.8. The smallest absolute Gasteiger partial charge is 0.209 e. The molecule has 0 aliphatic carbocycles. The predicted octanol–water partition coefficient (Wildman–Crippen LogP) is 2.41. The quantitative estimate of drug-likeness (QED) is 0.831. The molecule has 2 aromatic carbocycles. The van der Waals surface area contributed by atoms with Gasteiger partial charge in [0.2, 0.25) is 10.0 Å². The van der Waals surface area contributed by atoms with Crippen molar-refractivity contribution in [2.24, 2.45) is 5.14 Å². The summed E-state index contributed by atoms with van der Waals surface area (Å²) in [6.45, 7) is 0.334. The van der Waals surface area contributed by atoms with Crippen LogP contribution in [0.3, 0.4) is 0 Å². The van der Waals surface area contributed by atoms with Crippen molar-refractivity contribution in [2.45, 2.75) is 6.42 Å². The molecule has 0 aromatic heterocycles. The van der Waals surface area contributed by atoms with Gasteiger partial charge in [0, 0.05) is 0 Å². The van der Waals surface area contributed by atoms with E-state index in [9.17, 15) is 8.42 Å². The van der Waals surface area contributed by atoms with Crippen molar-refractivity contribution in [3.05, 3.63) is 54.6 Å². The number of hydrogen-bond acceptors (Lipinski definition) is 3. The summed E-state index contributed by atoms with van der Waals surface area (Å²) in [5.74, 6) is 0.661. The molecule has 0 bridgehead atoms. The first-order chi connectivity index (χ1) is 9.54. The summed E-state index contributed by atoms with van der Waals surface area (Å²) < 4.78 is 27.0. The third kappa shape index (κ3) is 4.68. The van der Waals surface area contributed by atoms with Gasteiger partial charge in [-0.1, -0.05) is 42.5 Å². The molecule has 0 saturated heterocycles. The van der Waals surface area contributed by atoms with Gasteiger partial charge in [-0.25, -0.2) is 13.6 Å². The Kier molecular flexibility index (Phi) is 4.76. The normalized spacial score (nSPS) is 11.2. The van der Waals surface area contributed by atoms with E-state index in [1.807, 2.05) is 54.6 Å². The summed E-state index contributed by atoms with van der Waals surface area (Å²) in [5.41, 5.74) is 2.26. The monoisotopic (exact) mass is 291 g/mol. The first-order valence-electron chi connectivity index (χ1n) is 6.33. The van der Waals surface area contributed by atoms with Crippen LogP contribution in [0.25, 0.3) is 11.1 Å². The third-order valence-electron chi connectivity index (χ3n) is 2.80. The maximum atomic E-state index is 10.8. The van der Waals surface area contributed by atoms with Gasteiger partial charge >= 0.3 is 0 Å². The topological polar surface area (TPSA) is 69.4 Å². The van der Waals surface area contributed by atoms with Gasteiger partial charge in [0.05, 0.1) is 12.4 Å². The minimum Gasteiger partial charge on any atom is -0.494 e. The fourth-order valence-corrected chi connectivity index (χ4v) is 2.34. The lowest BCUT2D eigenvalue weighted by Gasteiger charge is -2.07. The molecule has 4 nitrogen and oxygen atoms in total. The minimum absolute atomic E-state index is 0.0604. The van der Waals surface area contributed by atoms with E-state index in [0.29, 0.717) is 13.0 Å². The van der Waals surface area contributed by atoms with Crippen LogP contribution < -0.4 is 9.88 Å². The largest absolute Gasteiger partial charge is 0.494 e. The lowest BCUT2D eigenvalue weighted by Crippen LogP contribution is -2.18. The summed E-state index contributed by atoms with van der Waals surface area (Å²) >= 11 is 0. The average Bonchev–Trinajstić information content (AvgIpc) is 2.44. The van der Waals surface area contributed by atoms with E-state index < -0.39 is 10.0 Å². The predicted molar refractivity (Wildman–Crippen MR) is 80.0 cm³/mol. The summed E-state index contributed by atoms with van der Waals surface area (Å²) in [7, 11) is -3.40. The lowest BCUT2D eigenvalue weighted by molar-refractivity contribution is 0.317. The number of ether oxygens (including phenoxy) is 1. The highest BCUT2D eigenvalue weighted by atomic mass is 32.2. The van der Waals surface area contributed by atoms with E-state index in [2.05, 4.69) is 0 Å². The van der Waals surface area contributed by atoms with Crippen molar-refractivity contribution in [1.82, 2.24) is 0 Å². The number of benzene rings is 2. The summed E-state index contributed by atoms with van der Waals surface area (Å²) in [6, 6.07) is 17.8. The van der Waals surface area contributed by atoms with E-state index in [0.717, 1.165) is 16.9 Å². The molecular formula is C15H17NO3S. The SMILES string of the molecule is NS(=O)(=O)CCCOc1ccc(-c2ccccc2)cc1. The molecule has 0 heterocycles. The van der Waals surface area contributed by atoms with E-state index in [-0.39, 0.29) is 5.75 Å². The second-order valence-corrected chi connectivity index (χ2v) is 6.19. The highest BCUT2D eigenvalue weighted by Crippen LogP contribution is 2.22. The molecule has 0 saturated carbocycles. The van der Waals surface area contributed by atoms with Crippen LogP contribution in [0.1, 0.15) is 6.42 Å². The fourth-order valence-electron chi connectivity index (χ4n) is 1.82. The van der Waals surface area contributed by atoms with Crippen LogP contribution in [0.5, 0.6) is 5.75 Å². The minimum atomic E-state index is -3.40. The Labute approximate surface area is 119 Å². The Morgan fingerprint density at radius 1 is 0.900 bits per heavy atom. The van der Waals surface area contributed by atoms with Crippen LogP contribution in [0, 0.1) is 0 Å². The van der Waals surface area contributed by atoms with Gasteiger partial charge in [-0.3, -0.25) is 0 Å². The van der Waals surface area contributed by atoms with Gasteiger partial charge in [0.1, 0.15) is 5.75 Å². The molecule has 2 rings (SSSR count). The zero-order valence-electron chi connectivity index (χ0n) is 11.0. The summed E-state index contributed by atoms with van der Waals surface area (Å²) in [6.07, 6.45) is 0.388. The van der Waals surface area contributed by atoms with Crippen LogP contribution in [-0.2, 0) is 10.0 Å². The summed E-state index contributed by atoms with van der Waals surface area (Å²) in [4.78, 5) is 0. The summed E-state index contributed by atoms with van der Waals surface area (Å²) in [5, 5.41) is 4.92. The standard InChI is InChI=1S/C15H17NO3S/c16-20(17,18)12-4-11-19-15-9-7-14(8-10-15)13-5-2-1-3-6-13/h1-3,5-10H,4,11-12H2,(H2,16,17,18). The van der Waals surface area contributed by atoms with Gasteiger partial charge in [-0.2, -0.15) is 0 Å². The Balaban J connectivity index is 1.89. The van der Waals surface area contributed by atoms with E-state index >= 15 is 0 Å². The van der Waals surface area contributed by atoms with Crippen LogP contribution in [-0.4, -0.2) is 20.8 Å². The maximum Gasteiger partial charge on any atom is 0.209 e. The molecule has 0 aliphatic rings. The molecule has 106 valence electrons. The molecule has 0 fully saturated rings. The fraction of sp³-hybridized carbons (Fsp3) is 0.200. The first kappa shape index (κ1) is 14.6. The number of primary sulfonamides is 1. The molecule has 0 amide bonds. The van der Waals surface area contributed by atoms with Crippen molar-refractivity contribution in [3.8, 4) is 16.9 Å². The van der Waals surface area contributed by atoms with Crippen molar-refractivity contribution in [2.75, 3.05) is 12.4 Å². The van der Waals surface area contributed by atoms with Crippen LogP contribution in [0.2, 0.25) is 0 Å². The molecule has 20 heavy (non-hydrogen) atoms. The molecule has 0 radical (unpaired) electrons. The lowest BCUT2D eigenvalue weighted by atomic mass is 10.1. The Hall–Kier alpha value is -1.85. The van der Waals surface area contributed by atoms with Crippen molar-refractivity contribution in [3.63, 3.8) is 0 Å².